The smallest absolute Gasteiger partial charge is 0.475 e. The van der Waals surface area contributed by atoms with Gasteiger partial charge >= 0.3 is 12.1 Å². The molecule has 0 bridgehead atoms. The molecule has 0 amide bonds. The minimum Gasteiger partial charge on any atom is -0.475 e. The Hall–Kier alpha value is -2.80. The first-order valence-corrected chi connectivity index (χ1v) is 6.16. The zero-order valence-corrected chi connectivity index (χ0v) is 12.0. The summed E-state index contributed by atoms with van der Waals surface area (Å²) in [6.07, 6.45) is 3.18. The summed E-state index contributed by atoms with van der Waals surface area (Å²) in [6.45, 7) is 2.82. The van der Waals surface area contributed by atoms with Gasteiger partial charge in [-0.1, -0.05) is 18.7 Å². The standard InChI is InChI=1S/C15H16O7/c1-3-14(16)20-11-21-15(17)22-13-6-4-12(5-7-13)8-9-19-10-18-2/h3-9H,1,10-11H2,2H3. The Bertz CT molecular complexity index is 519. The van der Waals surface area contributed by atoms with Crippen LogP contribution in [0.25, 0.3) is 6.08 Å². The molecule has 0 aliphatic heterocycles. The van der Waals surface area contributed by atoms with Gasteiger partial charge in [-0.3, -0.25) is 0 Å². The molecule has 0 unspecified atom stereocenters. The summed E-state index contributed by atoms with van der Waals surface area (Å²) in [6, 6.07) is 6.58. The molecule has 22 heavy (non-hydrogen) atoms. The number of hydrogen-bond acceptors (Lipinski definition) is 7. The molecule has 1 aromatic carbocycles. The third-order valence-corrected chi connectivity index (χ3v) is 2.17. The van der Waals surface area contributed by atoms with Gasteiger partial charge in [0, 0.05) is 13.2 Å². The highest BCUT2D eigenvalue weighted by Crippen LogP contribution is 2.14. The lowest BCUT2D eigenvalue weighted by Gasteiger charge is -2.06. The average Bonchev–Trinajstić information content (AvgIpc) is 2.53. The molecule has 0 saturated heterocycles. The van der Waals surface area contributed by atoms with Gasteiger partial charge in [-0.15, -0.1) is 0 Å². The van der Waals surface area contributed by atoms with Gasteiger partial charge in [0.1, 0.15) is 5.75 Å². The van der Waals surface area contributed by atoms with Crippen LogP contribution in [0.3, 0.4) is 0 Å². The van der Waals surface area contributed by atoms with E-state index < -0.39 is 18.9 Å². The zero-order valence-electron chi connectivity index (χ0n) is 12.0. The molecule has 7 heteroatoms. The SMILES string of the molecule is C=CC(=O)OCOC(=O)Oc1ccc(C=COCOC)cc1. The van der Waals surface area contributed by atoms with Crippen LogP contribution in [-0.2, 0) is 23.7 Å². The fourth-order valence-electron chi connectivity index (χ4n) is 1.20. The first kappa shape index (κ1) is 17.3. The van der Waals surface area contributed by atoms with Gasteiger partial charge in [0.2, 0.25) is 6.79 Å². The van der Waals surface area contributed by atoms with Crippen molar-refractivity contribution in [1.29, 1.82) is 0 Å². The Balaban J connectivity index is 2.37. The van der Waals surface area contributed by atoms with Crippen molar-refractivity contribution in [2.24, 2.45) is 0 Å². The van der Waals surface area contributed by atoms with Crippen LogP contribution in [0.2, 0.25) is 0 Å². The fourth-order valence-corrected chi connectivity index (χ4v) is 1.20. The molecule has 0 aliphatic carbocycles. The molecule has 7 nitrogen and oxygen atoms in total. The molecule has 0 radical (unpaired) electrons. The second kappa shape index (κ2) is 10.0. The number of ether oxygens (including phenoxy) is 5. The van der Waals surface area contributed by atoms with Crippen molar-refractivity contribution in [3.05, 3.63) is 48.7 Å². The van der Waals surface area contributed by atoms with Gasteiger partial charge in [0.05, 0.1) is 6.26 Å². The van der Waals surface area contributed by atoms with E-state index in [4.69, 9.17) is 14.2 Å². The molecule has 0 heterocycles. The number of hydrogen-bond donors (Lipinski definition) is 0. The van der Waals surface area contributed by atoms with E-state index in [0.717, 1.165) is 11.6 Å². The average molecular weight is 308 g/mol. The largest absolute Gasteiger partial charge is 0.516 e. The number of carbonyl (C=O) groups excluding carboxylic acids is 2. The van der Waals surface area contributed by atoms with E-state index in [1.807, 2.05) is 0 Å². The molecule has 0 fully saturated rings. The summed E-state index contributed by atoms with van der Waals surface area (Å²) >= 11 is 0. The van der Waals surface area contributed by atoms with Crippen LogP contribution in [0.15, 0.2) is 43.2 Å². The number of methoxy groups -OCH3 is 1. The highest BCUT2D eigenvalue weighted by Gasteiger charge is 2.06. The molecule has 0 aromatic heterocycles. The minimum atomic E-state index is -0.983. The Morgan fingerprint density at radius 2 is 1.86 bits per heavy atom. The molecule has 0 aliphatic rings. The maximum Gasteiger partial charge on any atom is 0.516 e. The first-order chi connectivity index (χ1) is 10.7. The second-order valence-corrected chi connectivity index (χ2v) is 3.73. The van der Waals surface area contributed by atoms with E-state index in [1.165, 1.54) is 13.4 Å². The molecule has 0 spiro atoms. The summed E-state index contributed by atoms with van der Waals surface area (Å²) in [7, 11) is 1.53. The third-order valence-electron chi connectivity index (χ3n) is 2.17. The molecule has 0 N–H and O–H groups in total. The maximum atomic E-state index is 11.3. The van der Waals surface area contributed by atoms with Crippen LogP contribution in [0, 0.1) is 0 Å². The topological polar surface area (TPSA) is 80.3 Å². The van der Waals surface area contributed by atoms with Crippen molar-refractivity contribution >= 4 is 18.2 Å². The summed E-state index contributed by atoms with van der Waals surface area (Å²) in [5.41, 5.74) is 0.844. The van der Waals surface area contributed by atoms with Crippen molar-refractivity contribution in [3.8, 4) is 5.75 Å². The number of benzene rings is 1. The number of carbonyl (C=O) groups is 2. The predicted octanol–water partition coefficient (Wildman–Crippen LogP) is 2.48. The lowest BCUT2D eigenvalue weighted by Crippen LogP contribution is -2.14. The van der Waals surface area contributed by atoms with Gasteiger partial charge in [-0.2, -0.15) is 0 Å². The summed E-state index contributed by atoms with van der Waals surface area (Å²) in [5, 5.41) is 0. The van der Waals surface area contributed by atoms with E-state index in [-0.39, 0.29) is 12.5 Å². The second-order valence-electron chi connectivity index (χ2n) is 3.73. The molecular formula is C15H16O7. The Labute approximate surface area is 127 Å². The van der Waals surface area contributed by atoms with E-state index >= 15 is 0 Å². The zero-order chi connectivity index (χ0) is 16.2. The van der Waals surface area contributed by atoms with Crippen LogP contribution in [0.5, 0.6) is 5.75 Å². The molecule has 1 rings (SSSR count). The Morgan fingerprint density at radius 1 is 1.14 bits per heavy atom. The summed E-state index contributed by atoms with van der Waals surface area (Å²) in [5.74, 6) is -0.408. The number of rotatable bonds is 8. The fraction of sp³-hybridized carbons (Fsp3) is 0.200. The van der Waals surface area contributed by atoms with Crippen LogP contribution in [-0.4, -0.2) is 32.8 Å². The predicted molar refractivity (Wildman–Crippen MR) is 76.7 cm³/mol. The lowest BCUT2D eigenvalue weighted by atomic mass is 10.2. The molecule has 0 atom stereocenters. The van der Waals surface area contributed by atoms with E-state index in [0.29, 0.717) is 0 Å². The van der Waals surface area contributed by atoms with E-state index in [9.17, 15) is 9.59 Å². The molecular weight excluding hydrogens is 292 g/mol. The van der Waals surface area contributed by atoms with Gasteiger partial charge in [-0.25, -0.2) is 9.59 Å². The van der Waals surface area contributed by atoms with Crippen LogP contribution < -0.4 is 4.74 Å². The number of esters is 1. The van der Waals surface area contributed by atoms with Crippen molar-refractivity contribution < 1.29 is 33.3 Å². The van der Waals surface area contributed by atoms with Gasteiger partial charge in [0.25, 0.3) is 0 Å². The normalized spacial score (nSPS) is 10.0. The van der Waals surface area contributed by atoms with Crippen molar-refractivity contribution in [2.75, 3.05) is 20.7 Å². The van der Waals surface area contributed by atoms with Gasteiger partial charge in [-0.05, 0) is 23.8 Å². The van der Waals surface area contributed by atoms with Crippen molar-refractivity contribution in [2.45, 2.75) is 0 Å². The Morgan fingerprint density at radius 3 is 2.50 bits per heavy atom. The van der Waals surface area contributed by atoms with Crippen LogP contribution in [0.1, 0.15) is 5.56 Å². The molecule has 1 aromatic rings. The quantitative estimate of drug-likeness (QED) is 0.182. The van der Waals surface area contributed by atoms with Gasteiger partial charge < -0.3 is 23.7 Å². The highest BCUT2D eigenvalue weighted by molar-refractivity contribution is 5.81. The third kappa shape index (κ3) is 7.11. The Kier molecular flexibility index (Phi) is 7.84. The van der Waals surface area contributed by atoms with Crippen LogP contribution in [0.4, 0.5) is 4.79 Å². The van der Waals surface area contributed by atoms with E-state index in [2.05, 4.69) is 16.1 Å². The summed E-state index contributed by atoms with van der Waals surface area (Å²) in [4.78, 5) is 22.0. The first-order valence-electron chi connectivity index (χ1n) is 6.16. The van der Waals surface area contributed by atoms with Crippen molar-refractivity contribution in [1.82, 2.24) is 0 Å². The lowest BCUT2D eigenvalue weighted by molar-refractivity contribution is -0.146. The van der Waals surface area contributed by atoms with Crippen molar-refractivity contribution in [3.63, 3.8) is 0 Å². The monoisotopic (exact) mass is 308 g/mol. The van der Waals surface area contributed by atoms with Crippen LogP contribution >= 0.6 is 0 Å². The molecule has 118 valence electrons. The maximum absolute atomic E-state index is 11.3. The minimum absolute atomic E-state index is 0.167. The van der Waals surface area contributed by atoms with Gasteiger partial charge in [0.15, 0.2) is 6.79 Å². The highest BCUT2D eigenvalue weighted by atomic mass is 16.8. The van der Waals surface area contributed by atoms with E-state index in [1.54, 1.807) is 30.3 Å². The molecule has 0 saturated carbocycles. The summed E-state index contributed by atoms with van der Waals surface area (Å²) < 4.78 is 23.6.